The monoisotopic (exact) mass is 496 g/mol. The van der Waals surface area contributed by atoms with Crippen LogP contribution in [0.15, 0.2) is 73.5 Å². The molecular weight excluding hydrogens is 475 g/mol. The van der Waals surface area contributed by atoms with Gasteiger partial charge in [0.05, 0.1) is 35.4 Å². The lowest BCUT2D eigenvalue weighted by atomic mass is 10.0. The predicted octanol–water partition coefficient (Wildman–Crippen LogP) is 4.52. The van der Waals surface area contributed by atoms with Crippen molar-refractivity contribution in [3.63, 3.8) is 0 Å². The molecule has 0 aliphatic heterocycles. The van der Waals surface area contributed by atoms with E-state index in [2.05, 4.69) is 36.8 Å². The molecule has 5 rings (SSSR count). The quantitative estimate of drug-likeness (QED) is 0.328. The number of aryl methyl sites for hydroxylation is 1. The van der Waals surface area contributed by atoms with Gasteiger partial charge < -0.3 is 20.4 Å². The fourth-order valence-electron chi connectivity index (χ4n) is 3.86. The van der Waals surface area contributed by atoms with Crippen molar-refractivity contribution in [3.05, 3.63) is 79.3 Å². The third kappa shape index (κ3) is 4.57. The number of anilines is 2. The zero-order valence-electron chi connectivity index (χ0n) is 19.9. The van der Waals surface area contributed by atoms with E-state index in [4.69, 9.17) is 10.5 Å². The molecule has 4 heterocycles. The molecule has 0 radical (unpaired) electrons. The number of rotatable bonds is 6. The maximum Gasteiger partial charge on any atom is 0.322 e. The number of benzene rings is 1. The molecular formula is C26H21FN8O2. The fourth-order valence-corrected chi connectivity index (χ4v) is 3.86. The van der Waals surface area contributed by atoms with Gasteiger partial charge in [0.1, 0.15) is 23.5 Å². The highest BCUT2D eigenvalue weighted by Crippen LogP contribution is 2.41. The molecule has 4 aromatic heterocycles. The molecule has 1 aromatic carbocycles. The number of hydrogen-bond donors (Lipinski definition) is 2. The minimum atomic E-state index is -0.560. The number of halogens is 1. The summed E-state index contributed by atoms with van der Waals surface area (Å²) in [5, 5.41) is 3.46. The van der Waals surface area contributed by atoms with Crippen molar-refractivity contribution in [2.75, 3.05) is 11.1 Å². The van der Waals surface area contributed by atoms with Crippen molar-refractivity contribution < 1.29 is 13.9 Å². The van der Waals surface area contributed by atoms with E-state index in [1.165, 1.54) is 12.5 Å². The van der Waals surface area contributed by atoms with Gasteiger partial charge in [-0.15, -0.1) is 0 Å². The normalized spacial score (nSPS) is 10.9. The van der Waals surface area contributed by atoms with Crippen molar-refractivity contribution in [1.82, 2.24) is 29.5 Å². The van der Waals surface area contributed by atoms with Crippen LogP contribution in [-0.2, 0) is 11.8 Å². The van der Waals surface area contributed by atoms with Gasteiger partial charge in [-0.2, -0.15) is 0 Å². The second kappa shape index (κ2) is 9.46. The number of pyridine rings is 1. The van der Waals surface area contributed by atoms with E-state index >= 15 is 0 Å². The number of ether oxygens (including phenoxy) is 1. The Balaban J connectivity index is 1.57. The van der Waals surface area contributed by atoms with Crippen molar-refractivity contribution in [2.45, 2.75) is 6.92 Å². The molecule has 3 N–H and O–H groups in total. The van der Waals surface area contributed by atoms with E-state index in [1.54, 1.807) is 31.2 Å². The van der Waals surface area contributed by atoms with Gasteiger partial charge in [-0.05, 0) is 36.8 Å². The fraction of sp³-hybridized carbons (Fsp3) is 0.0769. The molecule has 0 fully saturated rings. The molecule has 1 amide bonds. The topological polar surface area (TPSA) is 134 Å². The second-order valence-corrected chi connectivity index (χ2v) is 8.22. The molecule has 0 saturated heterocycles. The maximum absolute atomic E-state index is 13.1. The molecule has 5 aromatic rings. The Bertz CT molecular complexity index is 1630. The molecule has 10 nitrogen and oxygen atoms in total. The summed E-state index contributed by atoms with van der Waals surface area (Å²) in [6.07, 6.45) is 4.96. The van der Waals surface area contributed by atoms with E-state index in [9.17, 15) is 9.18 Å². The van der Waals surface area contributed by atoms with Crippen LogP contribution in [0, 0.1) is 5.82 Å². The molecule has 11 heteroatoms. The highest BCUT2D eigenvalue weighted by atomic mass is 19.1. The first-order chi connectivity index (χ1) is 17.8. The van der Waals surface area contributed by atoms with Gasteiger partial charge >= 0.3 is 6.01 Å². The molecule has 0 aliphatic rings. The van der Waals surface area contributed by atoms with Gasteiger partial charge in [0.2, 0.25) is 0 Å². The van der Waals surface area contributed by atoms with E-state index in [0.29, 0.717) is 39.6 Å². The average Bonchev–Trinajstić information content (AvgIpc) is 3.20. The van der Waals surface area contributed by atoms with Crippen molar-refractivity contribution >= 4 is 28.4 Å². The zero-order chi connectivity index (χ0) is 26.1. The van der Waals surface area contributed by atoms with Gasteiger partial charge in [-0.1, -0.05) is 18.7 Å². The van der Waals surface area contributed by atoms with Crippen molar-refractivity contribution in [2.24, 2.45) is 7.05 Å². The van der Waals surface area contributed by atoms with Crippen molar-refractivity contribution in [3.8, 4) is 34.3 Å². The van der Waals surface area contributed by atoms with Gasteiger partial charge in [0, 0.05) is 23.9 Å². The van der Waals surface area contributed by atoms with Crippen LogP contribution in [0.2, 0.25) is 0 Å². The minimum absolute atomic E-state index is 0.00160. The molecule has 0 unspecified atom stereocenters. The van der Waals surface area contributed by atoms with Crippen LogP contribution in [0.25, 0.3) is 33.5 Å². The Hall–Kier alpha value is -5.19. The molecule has 184 valence electrons. The number of carbonyl (C=O) groups excluding carboxylic acids is 1. The number of amides is 1. The third-order valence-electron chi connectivity index (χ3n) is 5.60. The van der Waals surface area contributed by atoms with Gasteiger partial charge in [-0.3, -0.25) is 9.78 Å². The minimum Gasteiger partial charge on any atom is -0.423 e. The van der Waals surface area contributed by atoms with Crippen LogP contribution in [-0.4, -0.2) is 35.4 Å². The largest absolute Gasteiger partial charge is 0.423 e. The summed E-state index contributed by atoms with van der Waals surface area (Å²) >= 11 is 0. The third-order valence-corrected chi connectivity index (χ3v) is 5.60. The molecule has 0 aliphatic carbocycles. The zero-order valence-corrected chi connectivity index (χ0v) is 19.9. The van der Waals surface area contributed by atoms with Gasteiger partial charge in [0.15, 0.2) is 5.82 Å². The first kappa shape index (κ1) is 23.5. The predicted molar refractivity (Wildman–Crippen MR) is 137 cm³/mol. The number of fused-ring (bicyclic) bond motifs is 1. The number of nitrogen functional groups attached to an aromatic ring is 1. The van der Waals surface area contributed by atoms with Crippen LogP contribution in [0.4, 0.5) is 15.9 Å². The summed E-state index contributed by atoms with van der Waals surface area (Å²) in [6.45, 7) is 5.31. The summed E-state index contributed by atoms with van der Waals surface area (Å²) in [6, 6.07) is 10.9. The first-order valence-electron chi connectivity index (χ1n) is 11.1. The van der Waals surface area contributed by atoms with Crippen molar-refractivity contribution in [1.29, 1.82) is 0 Å². The summed E-state index contributed by atoms with van der Waals surface area (Å²) in [5.41, 5.74) is 11.0. The Labute approximate surface area is 210 Å². The first-order valence-corrected chi connectivity index (χ1v) is 11.1. The summed E-state index contributed by atoms with van der Waals surface area (Å²) in [5.74, 6) is -0.123. The van der Waals surface area contributed by atoms with Crippen LogP contribution in [0.3, 0.4) is 0 Å². The second-order valence-electron chi connectivity index (χ2n) is 8.22. The number of aromatic nitrogens is 6. The smallest absolute Gasteiger partial charge is 0.322 e. The summed E-state index contributed by atoms with van der Waals surface area (Å²) < 4.78 is 20.6. The molecule has 0 atom stereocenters. The van der Waals surface area contributed by atoms with E-state index in [0.717, 1.165) is 29.2 Å². The number of carbonyl (C=O) groups is 1. The van der Waals surface area contributed by atoms with Gasteiger partial charge in [-0.25, -0.2) is 24.3 Å². The summed E-state index contributed by atoms with van der Waals surface area (Å²) in [7, 11) is 1.88. The van der Waals surface area contributed by atoms with Crippen LogP contribution >= 0.6 is 0 Å². The highest BCUT2D eigenvalue weighted by Gasteiger charge is 2.23. The van der Waals surface area contributed by atoms with Crippen LogP contribution in [0.5, 0.6) is 11.8 Å². The van der Waals surface area contributed by atoms with E-state index in [-0.39, 0.29) is 11.9 Å². The Kier molecular flexibility index (Phi) is 6.02. The lowest BCUT2D eigenvalue weighted by Crippen LogP contribution is -2.11. The maximum atomic E-state index is 13.1. The Morgan fingerprint density at radius 3 is 2.41 bits per heavy atom. The van der Waals surface area contributed by atoms with E-state index < -0.39 is 5.82 Å². The standard InChI is InChI=1S/C26H21FN8O2/c1-14(2)25(36)34-17-6-4-15(5-7-17)22-20(21-23(28)32-13-33-24(21)35(22)3)19-9-8-18(12-29-19)37-26-30-10-16(27)11-31-26/h4-13H,1H2,2-3H3,(H,34,36)(H2,28,32,33). The van der Waals surface area contributed by atoms with E-state index in [1.807, 2.05) is 23.7 Å². The number of nitrogens with one attached hydrogen (secondary N) is 1. The highest BCUT2D eigenvalue weighted by molar-refractivity contribution is 6.07. The average molecular weight is 497 g/mol. The number of nitrogens with zero attached hydrogens (tertiary/aromatic N) is 6. The lowest BCUT2D eigenvalue weighted by molar-refractivity contribution is -0.112. The molecule has 0 spiro atoms. The summed E-state index contributed by atoms with van der Waals surface area (Å²) in [4.78, 5) is 32.8. The van der Waals surface area contributed by atoms with Gasteiger partial charge in [0.25, 0.3) is 5.91 Å². The van der Waals surface area contributed by atoms with Crippen LogP contribution in [0.1, 0.15) is 6.92 Å². The molecule has 0 bridgehead atoms. The number of nitrogens with two attached hydrogens (primary N) is 1. The number of hydrogen-bond acceptors (Lipinski definition) is 8. The van der Waals surface area contributed by atoms with Crippen LogP contribution < -0.4 is 15.8 Å². The molecule has 0 saturated carbocycles. The molecule has 37 heavy (non-hydrogen) atoms. The Morgan fingerprint density at radius 2 is 1.76 bits per heavy atom. The Morgan fingerprint density at radius 1 is 1.03 bits per heavy atom. The SMILES string of the molecule is C=C(C)C(=O)Nc1ccc(-c2c(-c3ccc(Oc4ncc(F)cn4)cn3)c3c(N)ncnc3n2C)cc1. The lowest BCUT2D eigenvalue weighted by Gasteiger charge is -2.11.